The molecule has 1 saturated carbocycles. The summed E-state index contributed by atoms with van der Waals surface area (Å²) in [4.78, 5) is 15.5. The van der Waals surface area contributed by atoms with Gasteiger partial charge in [-0.3, -0.25) is 13.6 Å². The van der Waals surface area contributed by atoms with Crippen LogP contribution in [0.4, 0.5) is 0 Å². The summed E-state index contributed by atoms with van der Waals surface area (Å²) in [6.07, 6.45) is 0. The van der Waals surface area contributed by atoms with Crippen molar-refractivity contribution in [3.63, 3.8) is 0 Å². The molecule has 0 spiro atoms. The van der Waals surface area contributed by atoms with Crippen molar-refractivity contribution < 1.29 is 34.8 Å². The molecule has 0 unspecified atom stereocenters. The molecule has 0 radical (unpaired) electrons. The van der Waals surface area contributed by atoms with E-state index in [0.29, 0.717) is 0 Å². The third-order valence-corrected chi connectivity index (χ3v) is 2.35. The normalized spacial score (nSPS) is 24.8. The first-order chi connectivity index (χ1) is 5.73. The van der Waals surface area contributed by atoms with Gasteiger partial charge in [0, 0.05) is 7.11 Å². The van der Waals surface area contributed by atoms with E-state index in [9.17, 15) is 0 Å². The van der Waals surface area contributed by atoms with Crippen molar-refractivity contribution in [2.75, 3.05) is 7.11 Å². The molecule has 0 saturated heterocycles. The molecule has 0 heterocycles. The van der Waals surface area contributed by atoms with Gasteiger partial charge < -0.3 is 22.1 Å². The minimum absolute atomic E-state index is 0. The van der Waals surface area contributed by atoms with Crippen LogP contribution >= 0.6 is 0 Å². The minimum atomic E-state index is 0. The molecule has 1 fully saturated rings. The first kappa shape index (κ1) is 29.2. The molecule has 1 rings (SSSR count). The maximum atomic E-state index is 7.75. The number of rotatable bonds is 0. The van der Waals surface area contributed by atoms with Gasteiger partial charge in [0.2, 0.25) is 0 Å². The second-order valence-corrected chi connectivity index (χ2v) is 2.58. The van der Waals surface area contributed by atoms with Crippen molar-refractivity contribution in [2.24, 2.45) is 17.8 Å². The fourth-order valence-corrected chi connectivity index (χ4v) is 0.911. The molecular weight excluding hydrogens is 360 g/mol. The second kappa shape index (κ2) is 23.1. The van der Waals surface area contributed by atoms with E-state index in [0.717, 1.165) is 24.9 Å². The fourth-order valence-electron chi connectivity index (χ4n) is 0.911. The molecule has 3 nitrogen and oxygen atoms in total. The zero-order valence-corrected chi connectivity index (χ0v) is 11.9. The summed E-state index contributed by atoms with van der Waals surface area (Å²) >= 11 is 0. The van der Waals surface area contributed by atoms with Gasteiger partial charge in [0.15, 0.2) is 0 Å². The Balaban J connectivity index is -0.0000000300. The predicted octanol–water partition coefficient (Wildman–Crippen LogP) is 1.42. The summed E-state index contributed by atoms with van der Waals surface area (Å²) in [6.45, 7) is 13.4. The SMILES string of the molecule is CC1C(C)C1C.CO.[CH-]=O.[CH-]=O.[CH3-].[Ir+3]. The molecule has 88 valence electrons. The predicted molar refractivity (Wildman–Crippen MR) is 55.5 cm³/mol. The zero-order valence-electron chi connectivity index (χ0n) is 9.48. The maximum absolute atomic E-state index is 7.75. The maximum Gasteiger partial charge on any atom is 3.00 e. The van der Waals surface area contributed by atoms with Gasteiger partial charge in [-0.25, -0.2) is 0 Å². The second-order valence-electron chi connectivity index (χ2n) is 2.58. The number of hydrogen-bond acceptors (Lipinski definition) is 3. The molecular formula is C10H21IrO3. The molecule has 0 aromatic carbocycles. The Kier molecular flexibility index (Phi) is 48.2. The summed E-state index contributed by atoms with van der Waals surface area (Å²) in [6, 6.07) is 0. The summed E-state index contributed by atoms with van der Waals surface area (Å²) in [5, 5.41) is 7.00. The summed E-state index contributed by atoms with van der Waals surface area (Å²) in [5.41, 5.74) is 0. The molecule has 0 aromatic heterocycles. The Bertz CT molecular complexity index is 69.2. The van der Waals surface area contributed by atoms with E-state index in [-0.39, 0.29) is 27.5 Å². The van der Waals surface area contributed by atoms with Gasteiger partial charge in [-0.1, -0.05) is 20.8 Å². The molecule has 4 heteroatoms. The van der Waals surface area contributed by atoms with E-state index in [2.05, 4.69) is 34.3 Å². The van der Waals surface area contributed by atoms with Crippen LogP contribution in [0.5, 0.6) is 0 Å². The van der Waals surface area contributed by atoms with Crippen LogP contribution in [-0.4, -0.2) is 25.8 Å². The van der Waals surface area contributed by atoms with Crippen molar-refractivity contribution in [1.29, 1.82) is 0 Å². The third-order valence-electron chi connectivity index (χ3n) is 2.35. The Hall–Kier alpha value is -0.0506. The molecule has 0 aromatic rings. The first-order valence-corrected chi connectivity index (χ1v) is 3.65. The van der Waals surface area contributed by atoms with Gasteiger partial charge in [0.1, 0.15) is 0 Å². The van der Waals surface area contributed by atoms with E-state index in [4.69, 9.17) is 14.7 Å². The molecule has 0 atom stereocenters. The van der Waals surface area contributed by atoms with Gasteiger partial charge in [-0.2, -0.15) is 0 Å². The van der Waals surface area contributed by atoms with E-state index in [1.165, 1.54) is 0 Å². The van der Waals surface area contributed by atoms with Crippen molar-refractivity contribution in [1.82, 2.24) is 0 Å². The van der Waals surface area contributed by atoms with E-state index < -0.39 is 0 Å². The Labute approximate surface area is 102 Å². The van der Waals surface area contributed by atoms with Gasteiger partial charge in [-0.15, -0.1) is 0 Å². The number of hydrogen-bond donors (Lipinski definition) is 1. The van der Waals surface area contributed by atoms with Crippen LogP contribution in [0, 0.1) is 25.2 Å². The minimum Gasteiger partial charge on any atom is -0.545 e. The summed E-state index contributed by atoms with van der Waals surface area (Å²) in [5.74, 6) is 3.06. The molecule has 0 bridgehead atoms. The smallest absolute Gasteiger partial charge is 0.545 e. The van der Waals surface area contributed by atoms with Crippen LogP contribution in [-0.2, 0) is 29.7 Å². The quantitative estimate of drug-likeness (QED) is 0.510. The van der Waals surface area contributed by atoms with Crippen LogP contribution in [0.25, 0.3) is 0 Å². The van der Waals surface area contributed by atoms with Gasteiger partial charge in [-0.05, 0) is 17.8 Å². The average molecular weight is 381 g/mol. The third kappa shape index (κ3) is 14.5. The Morgan fingerprint density at radius 2 is 0.857 bits per heavy atom. The largest absolute Gasteiger partial charge is 3.00 e. The van der Waals surface area contributed by atoms with Crippen molar-refractivity contribution in [2.45, 2.75) is 20.8 Å². The van der Waals surface area contributed by atoms with Crippen LogP contribution in [0.2, 0.25) is 0 Å². The zero-order chi connectivity index (χ0) is 10.7. The topological polar surface area (TPSA) is 54.4 Å². The Morgan fingerprint density at radius 3 is 0.857 bits per heavy atom. The van der Waals surface area contributed by atoms with Gasteiger partial charge >= 0.3 is 20.1 Å². The molecule has 1 N–H and O–H groups in total. The van der Waals surface area contributed by atoms with Gasteiger partial charge in [0.25, 0.3) is 0 Å². The number of carbonyl (C=O) groups excluding carboxylic acids is 2. The van der Waals surface area contributed by atoms with Crippen LogP contribution in [0.1, 0.15) is 20.8 Å². The molecule has 14 heavy (non-hydrogen) atoms. The van der Waals surface area contributed by atoms with Crippen molar-refractivity contribution in [3.05, 3.63) is 7.43 Å². The van der Waals surface area contributed by atoms with E-state index >= 15 is 0 Å². The van der Waals surface area contributed by atoms with Crippen molar-refractivity contribution >= 4 is 13.6 Å². The first-order valence-electron chi connectivity index (χ1n) is 3.65. The monoisotopic (exact) mass is 382 g/mol. The number of aliphatic hydroxyl groups excluding tert-OH is 1. The molecule has 1 aliphatic carbocycles. The molecule has 0 aliphatic heterocycles. The van der Waals surface area contributed by atoms with Crippen molar-refractivity contribution in [3.8, 4) is 0 Å². The van der Waals surface area contributed by atoms with Gasteiger partial charge in [0.05, 0.1) is 0 Å². The van der Waals surface area contributed by atoms with Crippen LogP contribution < -0.4 is 0 Å². The Morgan fingerprint density at radius 1 is 0.786 bits per heavy atom. The average Bonchev–Trinajstić information content (AvgIpc) is 2.72. The number of aliphatic hydroxyl groups is 1. The summed E-state index contributed by atoms with van der Waals surface area (Å²) in [7, 11) is 1.00. The van der Waals surface area contributed by atoms with E-state index in [1.807, 2.05) is 0 Å². The standard InChI is InChI=1S/C6H12.CH4O.2CHO.CH3.Ir/c1-4-5(2)6(4)3;3*1-2;;/h4-6H,1-3H3;2H,1H3;2*1H;1H3;/q;;3*-1;+3. The van der Waals surface area contributed by atoms with Crippen LogP contribution in [0.15, 0.2) is 0 Å². The van der Waals surface area contributed by atoms with E-state index in [1.54, 1.807) is 0 Å². The fraction of sp³-hybridized carbons (Fsp3) is 0.700. The summed E-state index contributed by atoms with van der Waals surface area (Å²) < 4.78 is 0. The van der Waals surface area contributed by atoms with Crippen LogP contribution in [0.3, 0.4) is 0 Å². The molecule has 1 aliphatic rings. The molecule has 0 amide bonds.